The van der Waals surface area contributed by atoms with E-state index < -0.39 is 0 Å². The Kier molecular flexibility index (Phi) is 5.08. The third-order valence-corrected chi connectivity index (χ3v) is 4.72. The molecule has 0 aliphatic carbocycles. The molecule has 0 aliphatic heterocycles. The Bertz CT molecular complexity index is 797. The van der Waals surface area contributed by atoms with Gasteiger partial charge in [0.25, 0.3) is 5.19 Å². The van der Waals surface area contributed by atoms with Crippen molar-refractivity contribution in [3.05, 3.63) is 35.5 Å². The summed E-state index contributed by atoms with van der Waals surface area (Å²) in [7, 11) is 0. The maximum atomic E-state index is 5.82. The average Bonchev–Trinajstić information content (AvgIpc) is 3.17. The molecule has 0 amide bonds. The van der Waals surface area contributed by atoms with Crippen LogP contribution in [0.2, 0.25) is 0 Å². The third-order valence-electron chi connectivity index (χ3n) is 2.94. The van der Waals surface area contributed by atoms with Crippen LogP contribution >= 0.6 is 22.9 Å². The minimum Gasteiger partial charge on any atom is -0.491 e. The second kappa shape index (κ2) is 7.25. The van der Waals surface area contributed by atoms with Crippen molar-refractivity contribution < 1.29 is 9.47 Å². The van der Waals surface area contributed by atoms with Crippen LogP contribution in [-0.4, -0.2) is 20.4 Å². The molecule has 0 saturated heterocycles. The van der Waals surface area contributed by atoms with Gasteiger partial charge >= 0.3 is 0 Å². The topological polar surface area (TPSA) is 83.2 Å². The van der Waals surface area contributed by atoms with Gasteiger partial charge in [-0.3, -0.25) is 0 Å². The maximum absolute atomic E-state index is 5.82. The Morgan fingerprint density at radius 1 is 1.08 bits per heavy atom. The standard InChI is InChI=1S/C16H18N4O2S2/c1-9(2)21-11-4-6-12(7-5-11)22-16-18-8-13(23-16)14-19-15(10(3)17)24-20-14/h4-10H,17H2,1-3H3. The molecule has 0 spiro atoms. The lowest BCUT2D eigenvalue weighted by Gasteiger charge is -2.09. The minimum atomic E-state index is -0.119. The molecule has 126 valence electrons. The summed E-state index contributed by atoms with van der Waals surface area (Å²) in [4.78, 5) is 9.55. The second-order valence-electron chi connectivity index (χ2n) is 5.48. The Labute approximate surface area is 148 Å². The van der Waals surface area contributed by atoms with Crippen LogP contribution < -0.4 is 15.2 Å². The fourth-order valence-electron chi connectivity index (χ4n) is 1.89. The van der Waals surface area contributed by atoms with Gasteiger partial charge in [0.15, 0.2) is 5.82 Å². The van der Waals surface area contributed by atoms with Gasteiger partial charge in [0.2, 0.25) is 0 Å². The van der Waals surface area contributed by atoms with Crippen LogP contribution in [0.25, 0.3) is 10.7 Å². The van der Waals surface area contributed by atoms with Gasteiger partial charge in [0, 0.05) is 0 Å². The summed E-state index contributed by atoms with van der Waals surface area (Å²) in [5.41, 5.74) is 5.82. The van der Waals surface area contributed by atoms with Gasteiger partial charge in [0.1, 0.15) is 16.5 Å². The van der Waals surface area contributed by atoms with E-state index in [9.17, 15) is 0 Å². The molecule has 0 bridgehead atoms. The highest BCUT2D eigenvalue weighted by atomic mass is 32.1. The second-order valence-corrected chi connectivity index (χ2v) is 7.25. The number of nitrogens with two attached hydrogens (primary N) is 1. The van der Waals surface area contributed by atoms with Gasteiger partial charge in [-0.1, -0.05) is 11.3 Å². The van der Waals surface area contributed by atoms with Crippen molar-refractivity contribution in [1.29, 1.82) is 0 Å². The molecule has 2 aromatic heterocycles. The van der Waals surface area contributed by atoms with Crippen molar-refractivity contribution in [3.63, 3.8) is 0 Å². The molecule has 24 heavy (non-hydrogen) atoms. The summed E-state index contributed by atoms with van der Waals surface area (Å²) in [5, 5.41) is 1.35. The summed E-state index contributed by atoms with van der Waals surface area (Å²) in [6, 6.07) is 7.34. The van der Waals surface area contributed by atoms with Crippen LogP contribution in [0, 0.1) is 0 Å². The molecule has 0 saturated carbocycles. The number of hydrogen-bond acceptors (Lipinski definition) is 8. The fraction of sp³-hybridized carbons (Fsp3) is 0.312. The van der Waals surface area contributed by atoms with Crippen LogP contribution in [-0.2, 0) is 0 Å². The molecular formula is C16H18N4O2S2. The van der Waals surface area contributed by atoms with E-state index in [1.165, 1.54) is 22.9 Å². The average molecular weight is 362 g/mol. The van der Waals surface area contributed by atoms with Crippen molar-refractivity contribution in [3.8, 4) is 27.4 Å². The molecule has 3 rings (SSSR count). The minimum absolute atomic E-state index is 0.119. The quantitative estimate of drug-likeness (QED) is 0.705. The van der Waals surface area contributed by atoms with Gasteiger partial charge in [-0.25, -0.2) is 9.97 Å². The lowest BCUT2D eigenvalue weighted by molar-refractivity contribution is 0.242. The zero-order valence-electron chi connectivity index (χ0n) is 13.6. The number of hydrogen-bond donors (Lipinski definition) is 1. The van der Waals surface area contributed by atoms with Crippen molar-refractivity contribution >= 4 is 22.9 Å². The van der Waals surface area contributed by atoms with Gasteiger partial charge in [-0.2, -0.15) is 4.37 Å². The first-order chi connectivity index (χ1) is 11.5. The molecule has 3 aromatic rings. The Balaban J connectivity index is 1.69. The number of ether oxygens (including phenoxy) is 2. The highest BCUT2D eigenvalue weighted by molar-refractivity contribution is 7.17. The highest BCUT2D eigenvalue weighted by Gasteiger charge is 2.13. The van der Waals surface area contributed by atoms with Crippen molar-refractivity contribution in [1.82, 2.24) is 14.3 Å². The van der Waals surface area contributed by atoms with E-state index in [4.69, 9.17) is 15.2 Å². The molecule has 6 nitrogen and oxygen atoms in total. The van der Waals surface area contributed by atoms with Crippen LogP contribution in [0.1, 0.15) is 31.8 Å². The van der Waals surface area contributed by atoms with Crippen LogP contribution in [0.15, 0.2) is 30.5 Å². The predicted molar refractivity (Wildman–Crippen MR) is 95.9 cm³/mol. The lowest BCUT2D eigenvalue weighted by Crippen LogP contribution is -2.05. The van der Waals surface area contributed by atoms with E-state index >= 15 is 0 Å². The SMILES string of the molecule is CC(C)Oc1ccc(Oc2ncc(-c3nsc(C(C)N)n3)s2)cc1. The molecule has 1 aromatic carbocycles. The molecule has 1 atom stereocenters. The number of nitrogens with zero attached hydrogens (tertiary/aromatic N) is 3. The van der Waals surface area contributed by atoms with Crippen LogP contribution in [0.5, 0.6) is 16.7 Å². The van der Waals surface area contributed by atoms with E-state index in [2.05, 4.69) is 14.3 Å². The van der Waals surface area contributed by atoms with Gasteiger partial charge < -0.3 is 15.2 Å². The smallest absolute Gasteiger partial charge is 0.279 e. The summed E-state index contributed by atoms with van der Waals surface area (Å²) in [5.74, 6) is 2.15. The van der Waals surface area contributed by atoms with Gasteiger partial charge in [-0.05, 0) is 56.6 Å². The molecule has 1 unspecified atom stereocenters. The van der Waals surface area contributed by atoms with Crippen LogP contribution in [0.4, 0.5) is 0 Å². The number of benzene rings is 1. The Hall–Kier alpha value is -2.03. The molecule has 0 radical (unpaired) electrons. The number of aromatic nitrogens is 3. The maximum Gasteiger partial charge on any atom is 0.279 e. The van der Waals surface area contributed by atoms with E-state index in [1.807, 2.05) is 45.0 Å². The Morgan fingerprint density at radius 3 is 2.42 bits per heavy atom. The zero-order valence-corrected chi connectivity index (χ0v) is 15.2. The molecule has 0 aliphatic rings. The summed E-state index contributed by atoms with van der Waals surface area (Å²) < 4.78 is 15.7. The first kappa shape index (κ1) is 16.8. The molecule has 2 N–H and O–H groups in total. The monoisotopic (exact) mass is 362 g/mol. The molecular weight excluding hydrogens is 344 g/mol. The summed E-state index contributed by atoms with van der Waals surface area (Å²) in [6.45, 7) is 5.87. The Morgan fingerprint density at radius 2 is 1.79 bits per heavy atom. The van der Waals surface area contributed by atoms with E-state index in [0.29, 0.717) is 16.8 Å². The van der Waals surface area contributed by atoms with Crippen LogP contribution in [0.3, 0.4) is 0 Å². The normalized spacial score (nSPS) is 12.4. The lowest BCUT2D eigenvalue weighted by atomic mass is 10.3. The van der Waals surface area contributed by atoms with Crippen molar-refractivity contribution in [2.45, 2.75) is 32.9 Å². The van der Waals surface area contributed by atoms with Crippen molar-refractivity contribution in [2.75, 3.05) is 0 Å². The number of thiazole rings is 1. The third kappa shape index (κ3) is 4.08. The summed E-state index contributed by atoms with van der Waals surface area (Å²) >= 11 is 2.71. The first-order valence-electron chi connectivity index (χ1n) is 7.51. The fourth-order valence-corrected chi connectivity index (χ4v) is 3.28. The predicted octanol–water partition coefficient (Wildman–Crippen LogP) is 4.26. The first-order valence-corrected chi connectivity index (χ1v) is 9.10. The van der Waals surface area contributed by atoms with Gasteiger partial charge in [0.05, 0.1) is 23.2 Å². The zero-order chi connectivity index (χ0) is 17.1. The molecule has 8 heteroatoms. The largest absolute Gasteiger partial charge is 0.491 e. The van der Waals surface area contributed by atoms with Crippen molar-refractivity contribution in [2.24, 2.45) is 5.73 Å². The van der Waals surface area contributed by atoms with E-state index in [-0.39, 0.29) is 12.1 Å². The highest BCUT2D eigenvalue weighted by Crippen LogP contribution is 2.33. The number of rotatable bonds is 6. The molecule has 2 heterocycles. The summed E-state index contributed by atoms with van der Waals surface area (Å²) in [6.07, 6.45) is 1.86. The van der Waals surface area contributed by atoms with E-state index in [0.717, 1.165) is 15.6 Å². The van der Waals surface area contributed by atoms with Gasteiger partial charge in [-0.15, -0.1) is 0 Å². The van der Waals surface area contributed by atoms with E-state index in [1.54, 1.807) is 6.20 Å². The molecule has 0 fully saturated rings.